The maximum atomic E-state index is 12.3. The smallest absolute Gasteiger partial charge is 0.251 e. The average Bonchev–Trinajstić information content (AvgIpc) is 2.99. The molecule has 29 heavy (non-hydrogen) atoms. The van der Waals surface area contributed by atoms with E-state index in [1.807, 2.05) is 32.0 Å². The Labute approximate surface area is 171 Å². The van der Waals surface area contributed by atoms with Crippen molar-refractivity contribution in [3.63, 3.8) is 0 Å². The summed E-state index contributed by atoms with van der Waals surface area (Å²) in [7, 11) is -0.590. The number of para-hydroxylation sites is 1. The monoisotopic (exact) mass is 418 g/mol. The van der Waals surface area contributed by atoms with Crippen LogP contribution in [0.25, 0.3) is 0 Å². The highest BCUT2D eigenvalue weighted by molar-refractivity contribution is 7.89. The highest BCUT2D eigenvalue weighted by atomic mass is 32.2. The molecule has 156 valence electrons. The zero-order valence-corrected chi connectivity index (χ0v) is 17.9. The van der Waals surface area contributed by atoms with Gasteiger partial charge in [0, 0.05) is 31.6 Å². The van der Waals surface area contributed by atoms with Crippen molar-refractivity contribution in [3.8, 4) is 11.5 Å². The second kappa shape index (κ2) is 8.04. The molecule has 1 heterocycles. The predicted molar refractivity (Wildman–Crippen MR) is 110 cm³/mol. The van der Waals surface area contributed by atoms with Crippen LogP contribution >= 0.6 is 0 Å². The zero-order valence-electron chi connectivity index (χ0n) is 17.1. The van der Waals surface area contributed by atoms with Crippen LogP contribution in [0.5, 0.6) is 11.5 Å². The summed E-state index contributed by atoms with van der Waals surface area (Å²) in [6.45, 7) is 4.67. The minimum absolute atomic E-state index is 0.142. The molecule has 0 fully saturated rings. The molecule has 0 spiro atoms. The first-order chi connectivity index (χ1) is 13.6. The minimum atomic E-state index is -3.51. The van der Waals surface area contributed by atoms with Crippen molar-refractivity contribution in [2.45, 2.75) is 30.8 Å². The van der Waals surface area contributed by atoms with E-state index < -0.39 is 10.0 Å². The number of fused-ring (bicyclic) bond motifs is 1. The maximum absolute atomic E-state index is 12.3. The third kappa shape index (κ3) is 4.71. The molecule has 1 aliphatic rings. The molecular weight excluding hydrogens is 392 g/mol. The molecule has 0 bridgehead atoms. The molecule has 0 saturated heterocycles. The zero-order chi connectivity index (χ0) is 21.2. The maximum Gasteiger partial charge on any atom is 0.251 e. The molecule has 0 unspecified atom stereocenters. The number of carbonyl (C=O) groups is 1. The quantitative estimate of drug-likeness (QED) is 0.698. The number of nitrogens with one attached hydrogen (secondary N) is 1. The highest BCUT2D eigenvalue weighted by Crippen LogP contribution is 2.41. The topological polar surface area (TPSA) is 84.9 Å². The van der Waals surface area contributed by atoms with Crippen LogP contribution in [0, 0.1) is 0 Å². The Morgan fingerprint density at radius 1 is 1.17 bits per heavy atom. The molecule has 0 aromatic heterocycles. The summed E-state index contributed by atoms with van der Waals surface area (Å²) in [5.41, 5.74) is 1.25. The lowest BCUT2D eigenvalue weighted by atomic mass is 10.0. The van der Waals surface area contributed by atoms with Gasteiger partial charge in [-0.05, 0) is 44.2 Å². The van der Waals surface area contributed by atoms with Crippen LogP contribution < -0.4 is 14.8 Å². The summed E-state index contributed by atoms with van der Waals surface area (Å²) in [6, 6.07) is 11.6. The fourth-order valence-corrected chi connectivity index (χ4v) is 4.02. The summed E-state index contributed by atoms with van der Waals surface area (Å²) in [4.78, 5) is 12.4. The molecule has 0 aliphatic carbocycles. The van der Waals surface area contributed by atoms with Gasteiger partial charge in [0.25, 0.3) is 5.91 Å². The van der Waals surface area contributed by atoms with Gasteiger partial charge >= 0.3 is 0 Å². The Kier molecular flexibility index (Phi) is 5.86. The van der Waals surface area contributed by atoms with E-state index in [4.69, 9.17) is 9.47 Å². The molecule has 0 radical (unpaired) electrons. The Morgan fingerprint density at radius 3 is 2.52 bits per heavy atom. The van der Waals surface area contributed by atoms with Crippen molar-refractivity contribution in [2.75, 3.05) is 27.2 Å². The Morgan fingerprint density at radius 2 is 1.86 bits per heavy atom. The van der Waals surface area contributed by atoms with Crippen molar-refractivity contribution in [1.82, 2.24) is 9.62 Å². The van der Waals surface area contributed by atoms with E-state index in [-0.39, 0.29) is 16.4 Å². The van der Waals surface area contributed by atoms with Crippen LogP contribution in [0.15, 0.2) is 47.4 Å². The highest BCUT2D eigenvalue weighted by Gasteiger charge is 2.32. The number of hydrogen-bond donors (Lipinski definition) is 1. The number of ether oxygens (including phenoxy) is 2. The molecule has 1 N–H and O–H groups in total. The first-order valence-electron chi connectivity index (χ1n) is 9.35. The molecule has 1 aliphatic heterocycles. The first kappa shape index (κ1) is 21.1. The summed E-state index contributed by atoms with van der Waals surface area (Å²) in [5, 5.41) is 2.77. The molecule has 7 nitrogen and oxygen atoms in total. The van der Waals surface area contributed by atoms with E-state index in [9.17, 15) is 13.2 Å². The number of hydrogen-bond acceptors (Lipinski definition) is 5. The molecule has 1 amide bonds. The largest absolute Gasteiger partial charge is 0.488 e. The van der Waals surface area contributed by atoms with E-state index in [1.165, 1.54) is 38.4 Å². The van der Waals surface area contributed by atoms with E-state index in [1.54, 1.807) is 0 Å². The summed E-state index contributed by atoms with van der Waals surface area (Å²) >= 11 is 0. The number of rotatable bonds is 7. The Bertz CT molecular complexity index is 998. The SMILES string of the molecule is CN(C)S(=O)(=O)c1ccc(C(=O)NCCOc2cccc3c2OC(C)(C)C3)cc1. The van der Waals surface area contributed by atoms with Gasteiger partial charge in [-0.3, -0.25) is 4.79 Å². The Balaban J connectivity index is 1.53. The van der Waals surface area contributed by atoms with Gasteiger partial charge in [-0.1, -0.05) is 12.1 Å². The lowest BCUT2D eigenvalue weighted by Gasteiger charge is -2.18. The van der Waals surface area contributed by atoms with E-state index in [0.29, 0.717) is 24.5 Å². The van der Waals surface area contributed by atoms with Crippen molar-refractivity contribution >= 4 is 15.9 Å². The van der Waals surface area contributed by atoms with Crippen molar-refractivity contribution in [3.05, 3.63) is 53.6 Å². The molecule has 2 aromatic rings. The van der Waals surface area contributed by atoms with Crippen LogP contribution in [-0.4, -0.2) is 51.5 Å². The van der Waals surface area contributed by atoms with Gasteiger partial charge in [0.1, 0.15) is 12.2 Å². The molecular formula is C21H26N2O5S. The van der Waals surface area contributed by atoms with Crippen LogP contribution in [0.4, 0.5) is 0 Å². The number of benzene rings is 2. The summed E-state index contributed by atoms with van der Waals surface area (Å²) in [5.74, 6) is 1.14. The van der Waals surface area contributed by atoms with Crippen LogP contribution in [0.2, 0.25) is 0 Å². The van der Waals surface area contributed by atoms with E-state index in [0.717, 1.165) is 22.0 Å². The Hall–Kier alpha value is -2.58. The number of amides is 1. The summed E-state index contributed by atoms with van der Waals surface area (Å²) < 4.78 is 37.0. The predicted octanol–water partition coefficient (Wildman–Crippen LogP) is 2.46. The first-order valence-corrected chi connectivity index (χ1v) is 10.8. The van der Waals surface area contributed by atoms with Gasteiger partial charge < -0.3 is 14.8 Å². The number of nitrogens with zero attached hydrogens (tertiary/aromatic N) is 1. The molecule has 8 heteroatoms. The second-order valence-electron chi connectivity index (χ2n) is 7.70. The normalized spacial score (nSPS) is 14.9. The molecule has 2 aromatic carbocycles. The van der Waals surface area contributed by atoms with Crippen LogP contribution in [-0.2, 0) is 16.4 Å². The molecule has 0 saturated carbocycles. The number of carbonyl (C=O) groups excluding carboxylic acids is 1. The van der Waals surface area contributed by atoms with Crippen molar-refractivity contribution in [2.24, 2.45) is 0 Å². The third-order valence-corrected chi connectivity index (χ3v) is 6.42. The lowest BCUT2D eigenvalue weighted by Crippen LogP contribution is -2.28. The fourth-order valence-electron chi connectivity index (χ4n) is 3.12. The van der Waals surface area contributed by atoms with Crippen molar-refractivity contribution < 1.29 is 22.7 Å². The van der Waals surface area contributed by atoms with Gasteiger partial charge in [-0.2, -0.15) is 0 Å². The average molecular weight is 419 g/mol. The number of sulfonamides is 1. The van der Waals surface area contributed by atoms with Gasteiger partial charge in [-0.25, -0.2) is 12.7 Å². The lowest BCUT2D eigenvalue weighted by molar-refractivity contribution is 0.0946. The van der Waals surface area contributed by atoms with E-state index in [2.05, 4.69) is 5.32 Å². The van der Waals surface area contributed by atoms with Gasteiger partial charge in [-0.15, -0.1) is 0 Å². The summed E-state index contributed by atoms with van der Waals surface area (Å²) in [6.07, 6.45) is 0.829. The van der Waals surface area contributed by atoms with Crippen LogP contribution in [0.3, 0.4) is 0 Å². The molecule has 3 rings (SSSR count). The van der Waals surface area contributed by atoms with Crippen molar-refractivity contribution in [1.29, 1.82) is 0 Å². The van der Waals surface area contributed by atoms with Gasteiger partial charge in [0.15, 0.2) is 11.5 Å². The van der Waals surface area contributed by atoms with E-state index >= 15 is 0 Å². The fraction of sp³-hybridized carbons (Fsp3) is 0.381. The van der Waals surface area contributed by atoms with Gasteiger partial charge in [0.2, 0.25) is 10.0 Å². The minimum Gasteiger partial charge on any atom is -0.488 e. The molecule has 0 atom stereocenters. The van der Waals surface area contributed by atoms with Crippen LogP contribution in [0.1, 0.15) is 29.8 Å². The second-order valence-corrected chi connectivity index (χ2v) is 9.85. The third-order valence-electron chi connectivity index (χ3n) is 4.60. The standard InChI is InChI=1S/C21H26N2O5S/c1-21(2)14-16-6-5-7-18(19(16)28-21)27-13-12-22-20(24)15-8-10-17(11-9-15)29(25,26)23(3)4/h5-11H,12-14H2,1-4H3,(H,22,24). The van der Waals surface area contributed by atoms with Gasteiger partial charge in [0.05, 0.1) is 11.4 Å².